The Hall–Kier alpha value is -1.48. The van der Waals surface area contributed by atoms with E-state index < -0.39 is 10.8 Å². The maximum Gasteiger partial charge on any atom is 0.271 e. The number of amides is 1. The van der Waals surface area contributed by atoms with Gasteiger partial charge < -0.3 is 5.32 Å². The molecule has 0 saturated carbocycles. The number of hydrogen-bond donors (Lipinski definition) is 1. The summed E-state index contributed by atoms with van der Waals surface area (Å²) in [4.78, 5) is 22.3. The van der Waals surface area contributed by atoms with Gasteiger partial charge in [0.15, 0.2) is 0 Å². The van der Waals surface area contributed by atoms with E-state index in [-0.39, 0.29) is 11.3 Å². The molecular weight excluding hydrogens is 439 g/mol. The van der Waals surface area contributed by atoms with E-state index in [1.165, 1.54) is 18.2 Å². The van der Waals surface area contributed by atoms with Gasteiger partial charge >= 0.3 is 0 Å². The van der Waals surface area contributed by atoms with E-state index in [2.05, 4.69) is 43.8 Å². The minimum absolute atomic E-state index is 0.132. The summed E-state index contributed by atoms with van der Waals surface area (Å²) in [5.74, 6) is -0.393. The van der Waals surface area contributed by atoms with Crippen LogP contribution in [0.5, 0.6) is 0 Å². The van der Waals surface area contributed by atoms with Crippen molar-refractivity contribution in [3.8, 4) is 0 Å². The molecule has 2 aromatic carbocycles. The summed E-state index contributed by atoms with van der Waals surface area (Å²) in [6.07, 6.45) is 0. The minimum Gasteiger partial charge on any atom is -0.322 e. The zero-order valence-corrected chi connectivity index (χ0v) is 13.7. The van der Waals surface area contributed by atoms with Crippen molar-refractivity contribution in [2.75, 3.05) is 5.32 Å². The van der Waals surface area contributed by atoms with Crippen LogP contribution in [0, 0.1) is 13.7 Å². The molecule has 0 aliphatic carbocycles. The Morgan fingerprint density at radius 2 is 1.85 bits per heavy atom. The number of hydrogen-bond acceptors (Lipinski definition) is 3. The molecule has 0 bridgehead atoms. The number of anilines is 1. The number of rotatable bonds is 3. The predicted molar refractivity (Wildman–Crippen MR) is 87.9 cm³/mol. The molecule has 5 nitrogen and oxygen atoms in total. The second-order valence-electron chi connectivity index (χ2n) is 3.92. The maximum absolute atomic E-state index is 12.1. The fraction of sp³-hybridized carbons (Fsp3) is 0. The van der Waals surface area contributed by atoms with Gasteiger partial charge in [-0.05, 0) is 52.9 Å². The van der Waals surface area contributed by atoms with Crippen LogP contribution in [0.2, 0.25) is 0 Å². The lowest BCUT2D eigenvalue weighted by Crippen LogP contribution is -2.12. The predicted octanol–water partition coefficient (Wildman–Crippen LogP) is 4.21. The first-order valence-electron chi connectivity index (χ1n) is 5.47. The van der Waals surface area contributed by atoms with E-state index in [9.17, 15) is 14.9 Å². The number of nitro benzene ring substituents is 1. The average molecular weight is 447 g/mol. The van der Waals surface area contributed by atoms with Crippen molar-refractivity contribution in [2.24, 2.45) is 0 Å². The van der Waals surface area contributed by atoms with Gasteiger partial charge in [0.2, 0.25) is 0 Å². The summed E-state index contributed by atoms with van der Waals surface area (Å²) in [6.45, 7) is 0. The number of nitro groups is 1. The Morgan fingerprint density at radius 3 is 2.45 bits per heavy atom. The van der Waals surface area contributed by atoms with Crippen LogP contribution in [0.1, 0.15) is 10.4 Å². The Balaban J connectivity index is 2.25. The highest BCUT2D eigenvalue weighted by Crippen LogP contribution is 2.22. The standard InChI is InChI=1S/C13H8BrIN2O3/c14-9-5-8(6-12(7-9)17(19)20)13(18)16-11-3-1-10(15)2-4-11/h1-7H,(H,16,18). The van der Waals surface area contributed by atoms with Gasteiger partial charge in [0.05, 0.1) is 4.92 Å². The van der Waals surface area contributed by atoms with E-state index in [1.54, 1.807) is 12.1 Å². The van der Waals surface area contributed by atoms with E-state index in [0.29, 0.717) is 10.2 Å². The average Bonchev–Trinajstić information content (AvgIpc) is 2.40. The largest absolute Gasteiger partial charge is 0.322 e. The highest BCUT2D eigenvalue weighted by Gasteiger charge is 2.13. The van der Waals surface area contributed by atoms with Gasteiger partial charge in [-0.2, -0.15) is 0 Å². The number of non-ortho nitro benzene ring substituents is 1. The van der Waals surface area contributed by atoms with Gasteiger partial charge in [-0.15, -0.1) is 0 Å². The molecule has 0 saturated heterocycles. The molecule has 7 heteroatoms. The lowest BCUT2D eigenvalue weighted by molar-refractivity contribution is -0.384. The minimum atomic E-state index is -0.535. The fourth-order valence-electron chi connectivity index (χ4n) is 1.55. The molecule has 1 amide bonds. The lowest BCUT2D eigenvalue weighted by Gasteiger charge is -2.06. The highest BCUT2D eigenvalue weighted by atomic mass is 127. The molecular formula is C13H8BrIN2O3. The molecule has 0 spiro atoms. The SMILES string of the molecule is O=C(Nc1ccc(I)cc1)c1cc(Br)cc([N+](=O)[O-])c1. The third kappa shape index (κ3) is 3.76. The molecule has 2 aromatic rings. The molecule has 0 unspecified atom stereocenters. The van der Waals surface area contributed by atoms with Crippen molar-refractivity contribution in [2.45, 2.75) is 0 Å². The summed E-state index contributed by atoms with van der Waals surface area (Å²) in [5, 5.41) is 13.5. The summed E-state index contributed by atoms with van der Waals surface area (Å²) >= 11 is 5.32. The van der Waals surface area contributed by atoms with E-state index in [4.69, 9.17) is 0 Å². The smallest absolute Gasteiger partial charge is 0.271 e. The van der Waals surface area contributed by atoms with Gasteiger partial charge in [0.1, 0.15) is 0 Å². The molecule has 1 N–H and O–H groups in total. The third-order valence-corrected chi connectivity index (χ3v) is 3.63. The number of halogens is 2. The summed E-state index contributed by atoms with van der Waals surface area (Å²) < 4.78 is 1.54. The Labute approximate surface area is 136 Å². The van der Waals surface area contributed by atoms with Crippen LogP contribution in [0.25, 0.3) is 0 Å². The molecule has 20 heavy (non-hydrogen) atoms. The Bertz CT molecular complexity index is 674. The van der Waals surface area contributed by atoms with Crippen molar-refractivity contribution in [1.82, 2.24) is 0 Å². The van der Waals surface area contributed by atoms with Gasteiger partial charge in [0, 0.05) is 31.4 Å². The zero-order chi connectivity index (χ0) is 14.7. The first-order chi connectivity index (χ1) is 9.45. The molecule has 0 heterocycles. The summed E-state index contributed by atoms with van der Waals surface area (Å²) in [6, 6.07) is 11.4. The van der Waals surface area contributed by atoms with Gasteiger partial charge in [-0.3, -0.25) is 14.9 Å². The van der Waals surface area contributed by atoms with Crippen molar-refractivity contribution in [3.63, 3.8) is 0 Å². The topological polar surface area (TPSA) is 72.2 Å². The molecule has 0 fully saturated rings. The summed E-state index contributed by atoms with van der Waals surface area (Å²) in [5.41, 5.74) is 0.731. The van der Waals surface area contributed by atoms with Gasteiger partial charge in [-0.25, -0.2) is 0 Å². The second kappa shape index (κ2) is 6.31. The Kier molecular flexibility index (Phi) is 4.71. The zero-order valence-electron chi connectivity index (χ0n) is 9.97. The van der Waals surface area contributed by atoms with Crippen molar-refractivity contribution in [3.05, 3.63) is 66.2 Å². The number of nitrogens with one attached hydrogen (secondary N) is 1. The molecule has 0 radical (unpaired) electrons. The van der Waals surface area contributed by atoms with E-state index >= 15 is 0 Å². The molecule has 0 aromatic heterocycles. The second-order valence-corrected chi connectivity index (χ2v) is 6.08. The first kappa shape index (κ1) is 14.9. The van der Waals surface area contributed by atoms with Crippen LogP contribution >= 0.6 is 38.5 Å². The quantitative estimate of drug-likeness (QED) is 0.436. The van der Waals surface area contributed by atoms with E-state index in [0.717, 1.165) is 3.57 Å². The monoisotopic (exact) mass is 446 g/mol. The van der Waals surface area contributed by atoms with Crippen LogP contribution in [0.3, 0.4) is 0 Å². The Morgan fingerprint density at radius 1 is 1.20 bits per heavy atom. The molecule has 102 valence electrons. The van der Waals surface area contributed by atoms with Crippen molar-refractivity contribution < 1.29 is 9.72 Å². The van der Waals surface area contributed by atoms with E-state index in [1.807, 2.05) is 12.1 Å². The first-order valence-corrected chi connectivity index (χ1v) is 7.35. The van der Waals surface area contributed by atoms with Gasteiger partial charge in [0.25, 0.3) is 11.6 Å². The molecule has 0 aliphatic heterocycles. The normalized spacial score (nSPS) is 10.1. The van der Waals surface area contributed by atoms with Crippen LogP contribution in [0.4, 0.5) is 11.4 Å². The molecule has 0 aliphatic rings. The fourth-order valence-corrected chi connectivity index (χ4v) is 2.39. The molecule has 0 atom stereocenters. The van der Waals surface area contributed by atoms with Crippen LogP contribution < -0.4 is 5.32 Å². The third-order valence-electron chi connectivity index (χ3n) is 2.46. The number of benzene rings is 2. The van der Waals surface area contributed by atoms with Crippen LogP contribution in [-0.2, 0) is 0 Å². The van der Waals surface area contributed by atoms with Gasteiger partial charge in [-0.1, -0.05) is 15.9 Å². The highest BCUT2D eigenvalue weighted by molar-refractivity contribution is 14.1. The number of carbonyl (C=O) groups excluding carboxylic acids is 1. The van der Waals surface area contributed by atoms with Crippen LogP contribution in [0.15, 0.2) is 46.9 Å². The molecule has 2 rings (SSSR count). The number of nitrogens with zero attached hydrogens (tertiary/aromatic N) is 1. The lowest BCUT2D eigenvalue weighted by atomic mass is 10.2. The number of carbonyl (C=O) groups is 1. The summed E-state index contributed by atoms with van der Waals surface area (Å²) in [7, 11) is 0. The van der Waals surface area contributed by atoms with Crippen molar-refractivity contribution >= 4 is 55.8 Å². The van der Waals surface area contributed by atoms with Crippen molar-refractivity contribution in [1.29, 1.82) is 0 Å². The van der Waals surface area contributed by atoms with Crippen LogP contribution in [-0.4, -0.2) is 10.8 Å². The maximum atomic E-state index is 12.1.